The number of rotatable bonds is 13. The van der Waals surface area contributed by atoms with Crippen molar-refractivity contribution in [2.24, 2.45) is 0 Å². The molecule has 0 spiro atoms. The van der Waals surface area contributed by atoms with E-state index in [9.17, 15) is 9.90 Å². The first-order chi connectivity index (χ1) is 14.8. The lowest BCUT2D eigenvalue weighted by Crippen LogP contribution is -2.36. The van der Waals surface area contributed by atoms with Crippen molar-refractivity contribution in [1.29, 1.82) is 0 Å². The molecule has 1 atom stereocenters. The number of aliphatic hydroxyl groups excluding tert-OH is 1. The van der Waals surface area contributed by atoms with E-state index in [1.807, 2.05) is 27.7 Å². The zero-order valence-corrected chi connectivity index (χ0v) is 20.2. The Hall–Kier alpha value is -1.41. The summed E-state index contributed by atoms with van der Waals surface area (Å²) in [6.07, 6.45) is 5.25. The van der Waals surface area contributed by atoms with Gasteiger partial charge in [0.25, 0.3) is 0 Å². The zero-order valence-electron chi connectivity index (χ0n) is 20.2. The third-order valence-corrected chi connectivity index (χ3v) is 6.21. The maximum Gasteiger partial charge on any atom is 0.340 e. The number of ether oxygens (including phenoxy) is 2. The highest BCUT2D eigenvalue weighted by Gasteiger charge is 2.28. The number of piperidine rings is 1. The van der Waals surface area contributed by atoms with E-state index in [0.717, 1.165) is 38.2 Å². The number of aromatic nitrogens is 1. The van der Waals surface area contributed by atoms with Crippen LogP contribution < -0.4 is 5.32 Å². The van der Waals surface area contributed by atoms with Crippen LogP contribution in [-0.4, -0.2) is 65.9 Å². The number of hydrogen-bond donors (Lipinski definition) is 3. The highest BCUT2D eigenvalue weighted by atomic mass is 16.6. The molecule has 0 radical (unpaired) electrons. The third-order valence-electron chi connectivity index (χ3n) is 6.21. The van der Waals surface area contributed by atoms with Crippen LogP contribution in [0.4, 0.5) is 0 Å². The van der Waals surface area contributed by atoms with Gasteiger partial charge >= 0.3 is 5.97 Å². The Morgan fingerprint density at radius 2 is 1.94 bits per heavy atom. The van der Waals surface area contributed by atoms with Crippen LogP contribution in [-0.2, 0) is 15.9 Å². The quantitative estimate of drug-likeness (QED) is 0.248. The van der Waals surface area contributed by atoms with Gasteiger partial charge in [-0.1, -0.05) is 13.3 Å². The van der Waals surface area contributed by atoms with Crippen LogP contribution >= 0.6 is 0 Å². The summed E-state index contributed by atoms with van der Waals surface area (Å²) in [6.45, 7) is 15.2. The van der Waals surface area contributed by atoms with Gasteiger partial charge < -0.3 is 29.8 Å². The van der Waals surface area contributed by atoms with Gasteiger partial charge in [0.05, 0.1) is 23.5 Å². The van der Waals surface area contributed by atoms with Crippen LogP contribution in [0.5, 0.6) is 0 Å². The number of carbonyl (C=O) groups is 1. The SMILES string of the molecule is CCOC(=O)c1c(CCCNCCN2CCCCC2)[nH]c(C(O)OC(C)(C)CC)c1C. The van der Waals surface area contributed by atoms with E-state index in [0.29, 0.717) is 29.8 Å². The monoisotopic (exact) mass is 437 g/mol. The van der Waals surface area contributed by atoms with Crippen molar-refractivity contribution in [3.05, 3.63) is 22.5 Å². The smallest absolute Gasteiger partial charge is 0.340 e. The Labute approximate surface area is 187 Å². The van der Waals surface area contributed by atoms with E-state index in [1.54, 1.807) is 6.92 Å². The van der Waals surface area contributed by atoms with Gasteiger partial charge in [-0.05, 0) is 85.0 Å². The third kappa shape index (κ3) is 7.90. The van der Waals surface area contributed by atoms with Crippen molar-refractivity contribution < 1.29 is 19.4 Å². The molecular formula is C24H43N3O4. The molecule has 7 heteroatoms. The minimum atomic E-state index is -1.11. The summed E-state index contributed by atoms with van der Waals surface area (Å²) >= 11 is 0. The molecule has 1 aromatic rings. The highest BCUT2D eigenvalue weighted by Crippen LogP contribution is 2.30. The van der Waals surface area contributed by atoms with E-state index < -0.39 is 11.9 Å². The maximum absolute atomic E-state index is 12.6. The van der Waals surface area contributed by atoms with Gasteiger partial charge in [0.1, 0.15) is 0 Å². The summed E-state index contributed by atoms with van der Waals surface area (Å²) in [5.41, 5.74) is 2.12. The van der Waals surface area contributed by atoms with Crippen molar-refractivity contribution >= 4 is 5.97 Å². The molecule has 1 aliphatic rings. The number of H-pyrrole nitrogens is 1. The lowest BCUT2D eigenvalue weighted by Gasteiger charge is -2.27. The number of likely N-dealkylation sites (tertiary alicyclic amines) is 1. The van der Waals surface area contributed by atoms with Gasteiger partial charge in [-0.3, -0.25) is 0 Å². The Balaban J connectivity index is 1.95. The molecule has 1 fully saturated rings. The minimum absolute atomic E-state index is 0.318. The average Bonchev–Trinajstić information content (AvgIpc) is 3.07. The first-order valence-electron chi connectivity index (χ1n) is 12.0. The number of hydrogen-bond acceptors (Lipinski definition) is 6. The molecule has 0 amide bonds. The molecule has 178 valence electrons. The number of nitrogens with one attached hydrogen (secondary N) is 2. The molecular weight excluding hydrogens is 394 g/mol. The lowest BCUT2D eigenvalue weighted by atomic mass is 10.1. The summed E-state index contributed by atoms with van der Waals surface area (Å²) in [6, 6.07) is 0. The predicted octanol–water partition coefficient (Wildman–Crippen LogP) is 3.70. The Bertz CT molecular complexity index is 681. The molecule has 1 saturated heterocycles. The zero-order chi connectivity index (χ0) is 22.9. The molecule has 2 heterocycles. The molecule has 1 aromatic heterocycles. The predicted molar refractivity (Wildman–Crippen MR) is 123 cm³/mol. The van der Waals surface area contributed by atoms with Crippen molar-refractivity contribution in [1.82, 2.24) is 15.2 Å². The van der Waals surface area contributed by atoms with E-state index in [2.05, 4.69) is 15.2 Å². The second kappa shape index (κ2) is 12.6. The van der Waals surface area contributed by atoms with Gasteiger partial charge in [-0.25, -0.2) is 4.79 Å². The fourth-order valence-electron chi connectivity index (χ4n) is 3.97. The van der Waals surface area contributed by atoms with Crippen LogP contribution in [0.25, 0.3) is 0 Å². The first-order valence-corrected chi connectivity index (χ1v) is 12.0. The number of nitrogens with zero attached hydrogens (tertiary/aromatic N) is 1. The van der Waals surface area contributed by atoms with Crippen LogP contribution in [0.1, 0.15) is 93.4 Å². The molecule has 3 N–H and O–H groups in total. The Morgan fingerprint density at radius 1 is 1.23 bits per heavy atom. The molecule has 0 saturated carbocycles. The summed E-state index contributed by atoms with van der Waals surface area (Å²) < 4.78 is 11.1. The van der Waals surface area contributed by atoms with E-state index in [-0.39, 0.29) is 5.97 Å². The second-order valence-corrected chi connectivity index (χ2v) is 9.08. The molecule has 31 heavy (non-hydrogen) atoms. The Kier molecular flexibility index (Phi) is 10.5. The molecule has 0 aliphatic carbocycles. The van der Waals surface area contributed by atoms with Gasteiger partial charge in [0.15, 0.2) is 6.29 Å². The fourth-order valence-corrected chi connectivity index (χ4v) is 3.97. The van der Waals surface area contributed by atoms with Crippen molar-refractivity contribution in [3.8, 4) is 0 Å². The molecule has 1 unspecified atom stereocenters. The van der Waals surface area contributed by atoms with Gasteiger partial charge in [-0.2, -0.15) is 0 Å². The molecule has 0 aromatic carbocycles. The van der Waals surface area contributed by atoms with Crippen molar-refractivity contribution in [2.75, 3.05) is 39.3 Å². The fraction of sp³-hybridized carbons (Fsp3) is 0.792. The van der Waals surface area contributed by atoms with Gasteiger partial charge in [0, 0.05) is 18.8 Å². The second-order valence-electron chi connectivity index (χ2n) is 9.08. The van der Waals surface area contributed by atoms with E-state index in [4.69, 9.17) is 9.47 Å². The summed E-state index contributed by atoms with van der Waals surface area (Å²) in [7, 11) is 0. The van der Waals surface area contributed by atoms with Crippen molar-refractivity contribution in [3.63, 3.8) is 0 Å². The largest absolute Gasteiger partial charge is 0.462 e. The molecule has 2 rings (SSSR count). The average molecular weight is 438 g/mol. The van der Waals surface area contributed by atoms with E-state index in [1.165, 1.54) is 32.4 Å². The Morgan fingerprint density at radius 3 is 2.58 bits per heavy atom. The van der Waals surface area contributed by atoms with Crippen molar-refractivity contribution in [2.45, 2.75) is 85.0 Å². The first kappa shape index (κ1) is 25.8. The van der Waals surface area contributed by atoms with Crippen LogP contribution in [0.2, 0.25) is 0 Å². The lowest BCUT2D eigenvalue weighted by molar-refractivity contribution is -0.179. The number of esters is 1. The van der Waals surface area contributed by atoms with E-state index >= 15 is 0 Å². The number of carbonyl (C=O) groups excluding carboxylic acids is 1. The number of aryl methyl sites for hydroxylation is 1. The normalized spacial score (nSPS) is 16.5. The number of aromatic amines is 1. The molecule has 0 bridgehead atoms. The van der Waals surface area contributed by atoms with Crippen LogP contribution in [0.3, 0.4) is 0 Å². The van der Waals surface area contributed by atoms with Gasteiger partial charge in [0.2, 0.25) is 0 Å². The summed E-state index contributed by atoms with van der Waals surface area (Å²) in [4.78, 5) is 18.4. The van der Waals surface area contributed by atoms with Gasteiger partial charge in [-0.15, -0.1) is 0 Å². The topological polar surface area (TPSA) is 86.8 Å². The number of aliphatic hydroxyl groups is 1. The molecule has 1 aliphatic heterocycles. The standard InChI is InChI=1S/C24H43N3O4/c1-6-24(4,5)31-23(29)21-18(3)20(22(28)30-7-2)19(26-21)12-11-13-25-14-17-27-15-9-8-10-16-27/h23,25-26,29H,6-17H2,1-5H3. The minimum Gasteiger partial charge on any atom is -0.462 e. The maximum atomic E-state index is 12.6. The van der Waals surface area contributed by atoms with Crippen LogP contribution in [0.15, 0.2) is 0 Å². The summed E-state index contributed by atoms with van der Waals surface area (Å²) in [5.74, 6) is -0.350. The highest BCUT2D eigenvalue weighted by molar-refractivity contribution is 5.93. The molecule has 7 nitrogen and oxygen atoms in total. The van der Waals surface area contributed by atoms with Crippen LogP contribution in [0, 0.1) is 6.92 Å². The summed E-state index contributed by atoms with van der Waals surface area (Å²) in [5, 5.41) is 14.2.